The number of nitrogens with one attached hydrogen (secondary N) is 1. The van der Waals surface area contributed by atoms with Crippen molar-refractivity contribution < 1.29 is 9.53 Å². The molecular formula is C17H23ClN2O2. The van der Waals surface area contributed by atoms with E-state index < -0.39 is 5.60 Å². The topological polar surface area (TPSA) is 41.6 Å². The minimum Gasteiger partial charge on any atom is -0.444 e. The van der Waals surface area contributed by atoms with Crippen molar-refractivity contribution >= 4 is 17.7 Å². The van der Waals surface area contributed by atoms with E-state index in [1.807, 2.05) is 43.9 Å². The lowest BCUT2D eigenvalue weighted by atomic mass is 10.2. The molecule has 1 aliphatic carbocycles. The summed E-state index contributed by atoms with van der Waals surface area (Å²) in [4.78, 5) is 13.9. The van der Waals surface area contributed by atoms with Gasteiger partial charge in [-0.05, 0) is 50.3 Å². The number of piperidine rings is 1. The summed E-state index contributed by atoms with van der Waals surface area (Å²) in [6.07, 6.45) is -0.187. The summed E-state index contributed by atoms with van der Waals surface area (Å²) in [5, 5.41) is 4.34. The Morgan fingerprint density at radius 3 is 2.64 bits per heavy atom. The lowest BCUT2D eigenvalue weighted by Gasteiger charge is -2.26. The van der Waals surface area contributed by atoms with Gasteiger partial charge in [0.05, 0.1) is 0 Å². The third kappa shape index (κ3) is 3.55. The van der Waals surface area contributed by atoms with E-state index in [0.717, 1.165) is 24.7 Å². The number of carbonyl (C=O) groups is 1. The monoisotopic (exact) mass is 322 g/mol. The standard InChI is InChI=1S/C17H23ClN2O2/c1-17(2,3)22-16(21)20-9-13-14(10-20)15(13)19-8-11-5-4-6-12(18)7-11/h4-7,13-15,19H,8-10H2,1-3H3. The van der Waals surface area contributed by atoms with Crippen LogP contribution in [0.2, 0.25) is 5.02 Å². The Hall–Kier alpha value is -1.26. The molecule has 1 saturated heterocycles. The molecule has 0 radical (unpaired) electrons. The molecule has 1 saturated carbocycles. The van der Waals surface area contributed by atoms with Crippen LogP contribution in [-0.4, -0.2) is 35.7 Å². The largest absolute Gasteiger partial charge is 0.444 e. The molecule has 22 heavy (non-hydrogen) atoms. The molecule has 2 fully saturated rings. The summed E-state index contributed by atoms with van der Waals surface area (Å²) in [6, 6.07) is 8.43. The molecule has 1 aliphatic heterocycles. The molecule has 0 bridgehead atoms. The highest BCUT2D eigenvalue weighted by Crippen LogP contribution is 2.45. The predicted octanol–water partition coefficient (Wildman–Crippen LogP) is 3.29. The first-order chi connectivity index (χ1) is 10.3. The second-order valence-corrected chi connectivity index (χ2v) is 7.69. The average molecular weight is 323 g/mol. The van der Waals surface area contributed by atoms with Gasteiger partial charge < -0.3 is 15.0 Å². The summed E-state index contributed by atoms with van der Waals surface area (Å²) in [5.41, 5.74) is 0.773. The van der Waals surface area contributed by atoms with Gasteiger partial charge in [0.15, 0.2) is 0 Å². The van der Waals surface area contributed by atoms with Crippen molar-refractivity contribution in [3.05, 3.63) is 34.9 Å². The molecule has 2 unspecified atom stereocenters. The molecule has 1 heterocycles. The van der Waals surface area contributed by atoms with Crippen molar-refractivity contribution in [3.8, 4) is 0 Å². The van der Waals surface area contributed by atoms with Gasteiger partial charge in [0.1, 0.15) is 5.60 Å². The van der Waals surface area contributed by atoms with Gasteiger partial charge in [0.25, 0.3) is 0 Å². The number of fused-ring (bicyclic) bond motifs is 1. The van der Waals surface area contributed by atoms with E-state index in [1.165, 1.54) is 5.56 Å². The number of hydrogen-bond donors (Lipinski definition) is 1. The van der Waals surface area contributed by atoms with Crippen molar-refractivity contribution in [2.24, 2.45) is 11.8 Å². The Bertz CT molecular complexity index is 558. The number of hydrogen-bond acceptors (Lipinski definition) is 3. The van der Waals surface area contributed by atoms with E-state index >= 15 is 0 Å². The first-order valence-electron chi connectivity index (χ1n) is 7.79. The van der Waals surface area contributed by atoms with Crippen molar-refractivity contribution in [2.75, 3.05) is 13.1 Å². The summed E-state index contributed by atoms with van der Waals surface area (Å²) in [7, 11) is 0. The highest BCUT2D eigenvalue weighted by molar-refractivity contribution is 6.30. The summed E-state index contributed by atoms with van der Waals surface area (Å²) in [6.45, 7) is 8.12. The minimum absolute atomic E-state index is 0.187. The molecule has 3 rings (SSSR count). The minimum atomic E-state index is -0.423. The second kappa shape index (κ2) is 5.74. The maximum Gasteiger partial charge on any atom is 0.410 e. The van der Waals surface area contributed by atoms with E-state index in [0.29, 0.717) is 17.9 Å². The van der Waals surface area contributed by atoms with Gasteiger partial charge in [-0.15, -0.1) is 0 Å². The third-order valence-corrected chi connectivity index (χ3v) is 4.51. The zero-order valence-corrected chi connectivity index (χ0v) is 14.1. The molecule has 0 aromatic heterocycles. The number of benzene rings is 1. The van der Waals surface area contributed by atoms with Crippen molar-refractivity contribution in [1.82, 2.24) is 10.2 Å². The number of nitrogens with zero attached hydrogens (tertiary/aromatic N) is 1. The molecule has 1 N–H and O–H groups in total. The Morgan fingerprint density at radius 2 is 2.05 bits per heavy atom. The summed E-state index contributed by atoms with van der Waals surface area (Å²) < 4.78 is 5.42. The Morgan fingerprint density at radius 1 is 1.36 bits per heavy atom. The quantitative estimate of drug-likeness (QED) is 0.928. The summed E-state index contributed by atoms with van der Waals surface area (Å²) >= 11 is 5.99. The van der Waals surface area contributed by atoms with Crippen LogP contribution in [0.4, 0.5) is 4.79 Å². The number of ether oxygens (including phenoxy) is 1. The van der Waals surface area contributed by atoms with Gasteiger partial charge in [-0.1, -0.05) is 23.7 Å². The van der Waals surface area contributed by atoms with Crippen LogP contribution < -0.4 is 5.32 Å². The maximum absolute atomic E-state index is 12.0. The normalized spacial score (nSPS) is 26.7. The number of rotatable bonds is 3. The van der Waals surface area contributed by atoms with Crippen LogP contribution in [0.1, 0.15) is 26.3 Å². The fraction of sp³-hybridized carbons (Fsp3) is 0.588. The van der Waals surface area contributed by atoms with Crippen molar-refractivity contribution in [2.45, 2.75) is 39.0 Å². The van der Waals surface area contributed by atoms with Gasteiger partial charge in [0, 0.05) is 30.7 Å². The maximum atomic E-state index is 12.0. The van der Waals surface area contributed by atoms with Crippen LogP contribution in [0, 0.1) is 11.8 Å². The first kappa shape index (κ1) is 15.6. The Kier molecular flexibility index (Phi) is 4.08. The van der Waals surface area contributed by atoms with Crippen LogP contribution in [0.3, 0.4) is 0 Å². The van der Waals surface area contributed by atoms with Crippen LogP contribution in [-0.2, 0) is 11.3 Å². The molecule has 4 nitrogen and oxygen atoms in total. The Labute approximate surface area is 136 Å². The van der Waals surface area contributed by atoms with E-state index in [2.05, 4.69) is 11.4 Å². The molecule has 2 atom stereocenters. The van der Waals surface area contributed by atoms with Gasteiger partial charge in [-0.3, -0.25) is 0 Å². The average Bonchev–Trinajstić information content (AvgIpc) is 2.86. The summed E-state index contributed by atoms with van der Waals surface area (Å²) in [5.74, 6) is 1.12. The SMILES string of the molecule is CC(C)(C)OC(=O)N1CC2C(C1)C2NCc1cccc(Cl)c1. The molecule has 120 valence electrons. The number of likely N-dealkylation sites (tertiary alicyclic amines) is 1. The number of carbonyl (C=O) groups excluding carboxylic acids is 1. The van der Waals surface area contributed by atoms with E-state index in [9.17, 15) is 4.79 Å². The van der Waals surface area contributed by atoms with Crippen LogP contribution >= 0.6 is 11.6 Å². The fourth-order valence-electron chi connectivity index (χ4n) is 3.19. The van der Waals surface area contributed by atoms with Crippen LogP contribution in [0.5, 0.6) is 0 Å². The molecule has 1 aromatic rings. The highest BCUT2D eigenvalue weighted by atomic mass is 35.5. The molecule has 1 amide bonds. The lowest BCUT2D eigenvalue weighted by Crippen LogP contribution is -2.39. The molecular weight excluding hydrogens is 300 g/mol. The van der Waals surface area contributed by atoms with Crippen LogP contribution in [0.25, 0.3) is 0 Å². The lowest BCUT2D eigenvalue weighted by molar-refractivity contribution is 0.0269. The van der Waals surface area contributed by atoms with Crippen molar-refractivity contribution in [3.63, 3.8) is 0 Å². The van der Waals surface area contributed by atoms with Gasteiger partial charge >= 0.3 is 6.09 Å². The second-order valence-electron chi connectivity index (χ2n) is 7.25. The van der Waals surface area contributed by atoms with Crippen molar-refractivity contribution in [1.29, 1.82) is 0 Å². The smallest absolute Gasteiger partial charge is 0.410 e. The zero-order chi connectivity index (χ0) is 15.9. The zero-order valence-electron chi connectivity index (χ0n) is 13.3. The van der Waals surface area contributed by atoms with E-state index in [-0.39, 0.29) is 6.09 Å². The van der Waals surface area contributed by atoms with Gasteiger partial charge in [0.2, 0.25) is 0 Å². The molecule has 2 aliphatic rings. The van der Waals surface area contributed by atoms with Crippen LogP contribution in [0.15, 0.2) is 24.3 Å². The third-order valence-electron chi connectivity index (χ3n) is 4.28. The number of halogens is 1. The molecule has 0 spiro atoms. The number of amides is 1. The van der Waals surface area contributed by atoms with E-state index in [4.69, 9.17) is 16.3 Å². The van der Waals surface area contributed by atoms with Gasteiger partial charge in [-0.25, -0.2) is 4.79 Å². The Balaban J connectivity index is 1.44. The molecule has 5 heteroatoms. The fourth-order valence-corrected chi connectivity index (χ4v) is 3.40. The first-order valence-corrected chi connectivity index (χ1v) is 8.17. The van der Waals surface area contributed by atoms with Gasteiger partial charge in [-0.2, -0.15) is 0 Å². The highest BCUT2D eigenvalue weighted by Gasteiger charge is 2.56. The predicted molar refractivity (Wildman–Crippen MR) is 86.9 cm³/mol. The molecule has 1 aromatic carbocycles. The van der Waals surface area contributed by atoms with E-state index in [1.54, 1.807) is 0 Å².